The van der Waals surface area contributed by atoms with E-state index in [4.69, 9.17) is 0 Å². The quantitative estimate of drug-likeness (QED) is 0.510. The Balaban J connectivity index is 1.52. The maximum Gasteiger partial charge on any atom is 0.234 e. The monoisotopic (exact) mass is 442 g/mol. The zero-order chi connectivity index (χ0) is 20.5. The number of thioether (sulfide) groups is 2. The van der Waals surface area contributed by atoms with Crippen molar-refractivity contribution in [3.05, 3.63) is 54.6 Å². The van der Waals surface area contributed by atoms with E-state index in [1.165, 1.54) is 23.5 Å². The Kier molecular flexibility index (Phi) is 7.57. The maximum absolute atomic E-state index is 12.1. The third-order valence-electron chi connectivity index (χ3n) is 3.34. The number of nitrogens with zero attached hydrogens (tertiary/aromatic N) is 4. The number of hydrogen-bond donors (Lipinski definition) is 2. The van der Waals surface area contributed by atoms with Gasteiger partial charge in [0.15, 0.2) is 0 Å². The lowest BCUT2D eigenvalue weighted by Gasteiger charge is -2.04. The van der Waals surface area contributed by atoms with E-state index in [2.05, 4.69) is 31.0 Å². The first-order valence-electron chi connectivity index (χ1n) is 8.21. The van der Waals surface area contributed by atoms with Crippen molar-refractivity contribution in [2.75, 3.05) is 22.1 Å². The van der Waals surface area contributed by atoms with Crippen molar-refractivity contribution >= 4 is 58.2 Å². The van der Waals surface area contributed by atoms with E-state index in [9.17, 15) is 14.9 Å². The summed E-state index contributed by atoms with van der Waals surface area (Å²) in [4.78, 5) is 31.9. The second-order valence-electron chi connectivity index (χ2n) is 5.41. The molecule has 0 aliphatic heterocycles. The van der Waals surface area contributed by atoms with Crippen LogP contribution in [0.25, 0.3) is 0 Å². The van der Waals surface area contributed by atoms with Crippen LogP contribution in [-0.2, 0) is 9.59 Å². The number of hydrogen-bond acceptors (Lipinski definition) is 9. The van der Waals surface area contributed by atoms with E-state index >= 15 is 0 Å². The van der Waals surface area contributed by atoms with Gasteiger partial charge in [0.05, 0.1) is 11.5 Å². The van der Waals surface area contributed by atoms with Gasteiger partial charge in [-0.2, -0.15) is 9.64 Å². The number of nitriles is 1. The van der Waals surface area contributed by atoms with Crippen molar-refractivity contribution in [3.8, 4) is 6.07 Å². The predicted octanol–water partition coefficient (Wildman–Crippen LogP) is 3.27. The highest BCUT2D eigenvalue weighted by Gasteiger charge is 2.17. The summed E-state index contributed by atoms with van der Waals surface area (Å²) in [6.07, 6.45) is 6.36. The first-order valence-corrected chi connectivity index (χ1v) is 11.0. The summed E-state index contributed by atoms with van der Waals surface area (Å²) in [5, 5.41) is 15.5. The molecule has 3 aromatic rings. The van der Waals surface area contributed by atoms with Crippen LogP contribution in [-0.4, -0.2) is 37.7 Å². The molecule has 0 saturated heterocycles. The van der Waals surface area contributed by atoms with E-state index in [0.29, 0.717) is 26.2 Å². The minimum Gasteiger partial charge on any atom is -0.325 e. The molecule has 3 aromatic heterocycles. The van der Waals surface area contributed by atoms with E-state index in [1.807, 2.05) is 0 Å². The van der Waals surface area contributed by atoms with Crippen LogP contribution in [0, 0.1) is 11.3 Å². The van der Waals surface area contributed by atoms with Crippen LogP contribution in [0.2, 0.25) is 0 Å². The largest absolute Gasteiger partial charge is 0.325 e. The summed E-state index contributed by atoms with van der Waals surface area (Å²) in [7, 11) is 0. The highest BCUT2D eigenvalue weighted by atomic mass is 32.2. The SMILES string of the molecule is N#Cc1c(SCC(=O)Nc2ccncc2)nsc1SCC(=O)Nc1ccncc1. The summed E-state index contributed by atoms with van der Waals surface area (Å²) in [6.45, 7) is 0. The van der Waals surface area contributed by atoms with Gasteiger partial charge in [0.25, 0.3) is 0 Å². The van der Waals surface area contributed by atoms with Gasteiger partial charge in [-0.05, 0) is 35.8 Å². The molecule has 0 atom stereocenters. The molecule has 0 bridgehead atoms. The number of carbonyl (C=O) groups is 2. The Morgan fingerprint density at radius 1 is 0.931 bits per heavy atom. The van der Waals surface area contributed by atoms with Gasteiger partial charge in [-0.3, -0.25) is 19.6 Å². The summed E-state index contributed by atoms with van der Waals surface area (Å²) < 4.78 is 4.91. The molecule has 0 aliphatic carbocycles. The standard InChI is InChI=1S/C18H14N6O2S3/c19-9-14-17(27-10-15(25)22-12-1-5-20-6-2-12)24-29-18(14)28-11-16(26)23-13-3-7-21-8-4-13/h1-8H,10-11H2,(H,20,22,25)(H,21,23,26). The third kappa shape index (κ3) is 6.28. The van der Waals surface area contributed by atoms with Crippen LogP contribution in [0.5, 0.6) is 0 Å². The van der Waals surface area contributed by atoms with Crippen molar-refractivity contribution in [2.45, 2.75) is 9.24 Å². The zero-order valence-electron chi connectivity index (χ0n) is 14.9. The van der Waals surface area contributed by atoms with Gasteiger partial charge in [-0.15, -0.1) is 11.8 Å². The summed E-state index contributed by atoms with van der Waals surface area (Å²) in [5.74, 6) is -0.132. The topological polar surface area (TPSA) is 121 Å². The Hall–Kier alpha value is -2.94. The molecule has 0 radical (unpaired) electrons. The molecule has 0 aromatic carbocycles. The maximum atomic E-state index is 12.1. The molecular formula is C18H14N6O2S3. The molecule has 29 heavy (non-hydrogen) atoms. The van der Waals surface area contributed by atoms with Crippen LogP contribution >= 0.6 is 35.1 Å². The third-order valence-corrected chi connectivity index (χ3v) is 6.53. The van der Waals surface area contributed by atoms with Gasteiger partial charge < -0.3 is 10.6 Å². The average molecular weight is 443 g/mol. The van der Waals surface area contributed by atoms with Crippen molar-refractivity contribution in [3.63, 3.8) is 0 Å². The molecule has 0 spiro atoms. The fourth-order valence-electron chi connectivity index (χ4n) is 2.08. The van der Waals surface area contributed by atoms with Gasteiger partial charge in [0.2, 0.25) is 11.8 Å². The lowest BCUT2D eigenvalue weighted by atomic mass is 10.4. The molecule has 11 heteroatoms. The summed E-state index contributed by atoms with van der Waals surface area (Å²) in [6, 6.07) is 8.89. The van der Waals surface area contributed by atoms with Crippen LogP contribution in [0.3, 0.4) is 0 Å². The second-order valence-corrected chi connectivity index (χ2v) is 8.39. The molecule has 3 heterocycles. The minimum absolute atomic E-state index is 0.118. The molecule has 2 N–H and O–H groups in total. The lowest BCUT2D eigenvalue weighted by Crippen LogP contribution is -2.14. The van der Waals surface area contributed by atoms with Crippen molar-refractivity contribution < 1.29 is 9.59 Å². The number of nitrogens with one attached hydrogen (secondary N) is 2. The van der Waals surface area contributed by atoms with E-state index in [-0.39, 0.29) is 23.3 Å². The van der Waals surface area contributed by atoms with Gasteiger partial charge in [-0.25, -0.2) is 0 Å². The highest BCUT2D eigenvalue weighted by Crippen LogP contribution is 2.34. The molecule has 2 amide bonds. The highest BCUT2D eigenvalue weighted by molar-refractivity contribution is 8.02. The number of carbonyl (C=O) groups excluding carboxylic acids is 2. The number of anilines is 2. The van der Waals surface area contributed by atoms with Crippen molar-refractivity contribution in [2.24, 2.45) is 0 Å². The van der Waals surface area contributed by atoms with Crippen molar-refractivity contribution in [1.29, 1.82) is 5.26 Å². The Bertz CT molecular complexity index is 946. The molecular weight excluding hydrogens is 428 g/mol. The fourth-order valence-corrected chi connectivity index (χ4v) is 4.78. The molecule has 0 unspecified atom stereocenters. The van der Waals surface area contributed by atoms with Gasteiger partial charge >= 0.3 is 0 Å². The van der Waals surface area contributed by atoms with Crippen LogP contribution < -0.4 is 10.6 Å². The number of rotatable bonds is 8. The smallest absolute Gasteiger partial charge is 0.234 e. The minimum atomic E-state index is -0.205. The summed E-state index contributed by atoms with van der Waals surface area (Å²) >= 11 is 3.57. The Morgan fingerprint density at radius 3 is 1.97 bits per heavy atom. The molecule has 8 nitrogen and oxygen atoms in total. The van der Waals surface area contributed by atoms with E-state index in [1.54, 1.807) is 49.1 Å². The van der Waals surface area contributed by atoms with Gasteiger partial charge in [0, 0.05) is 36.2 Å². The van der Waals surface area contributed by atoms with Gasteiger partial charge in [-0.1, -0.05) is 11.8 Å². The fraction of sp³-hybridized carbons (Fsp3) is 0.111. The Labute approximate surface area is 179 Å². The normalized spacial score (nSPS) is 10.2. The van der Waals surface area contributed by atoms with Gasteiger partial charge in [0.1, 0.15) is 20.9 Å². The van der Waals surface area contributed by atoms with Crippen LogP contribution in [0.4, 0.5) is 11.4 Å². The van der Waals surface area contributed by atoms with Crippen LogP contribution in [0.15, 0.2) is 58.3 Å². The number of aromatic nitrogens is 3. The van der Waals surface area contributed by atoms with Crippen molar-refractivity contribution in [1.82, 2.24) is 14.3 Å². The average Bonchev–Trinajstić information content (AvgIpc) is 3.14. The predicted molar refractivity (Wildman–Crippen MR) is 114 cm³/mol. The first-order chi connectivity index (χ1) is 14.2. The zero-order valence-corrected chi connectivity index (χ0v) is 17.3. The molecule has 0 aliphatic rings. The second kappa shape index (κ2) is 10.6. The molecule has 0 saturated carbocycles. The molecule has 3 rings (SSSR count). The van der Waals surface area contributed by atoms with Crippen LogP contribution in [0.1, 0.15) is 5.56 Å². The molecule has 0 fully saturated rings. The number of pyridine rings is 2. The van der Waals surface area contributed by atoms with E-state index < -0.39 is 0 Å². The lowest BCUT2D eigenvalue weighted by molar-refractivity contribution is -0.114. The first kappa shape index (κ1) is 20.8. The summed E-state index contributed by atoms with van der Waals surface area (Å²) in [5.41, 5.74) is 1.70. The number of amides is 2. The molecule has 146 valence electrons. The van der Waals surface area contributed by atoms with E-state index in [0.717, 1.165) is 11.5 Å². The Morgan fingerprint density at radius 2 is 1.45 bits per heavy atom.